The van der Waals surface area contributed by atoms with Gasteiger partial charge in [-0.1, -0.05) is 23.7 Å². The lowest BCUT2D eigenvalue weighted by Gasteiger charge is -2.07. The summed E-state index contributed by atoms with van der Waals surface area (Å²) in [5.74, 6) is 0.749. The van der Waals surface area contributed by atoms with Crippen LogP contribution in [0.25, 0.3) is 0 Å². The third kappa shape index (κ3) is 4.50. The second-order valence-corrected chi connectivity index (χ2v) is 5.27. The Morgan fingerprint density at radius 3 is 2.52 bits per heavy atom. The molecule has 2 aromatic carbocycles. The number of hydrogen-bond donors (Lipinski definition) is 1. The van der Waals surface area contributed by atoms with E-state index in [0.29, 0.717) is 12.8 Å². The number of amides is 1. The average Bonchev–Trinajstić information content (AvgIpc) is 2.49. The summed E-state index contributed by atoms with van der Waals surface area (Å²) >= 11 is 6.08. The molecule has 0 aliphatic rings. The molecule has 0 fully saturated rings. The van der Waals surface area contributed by atoms with Crippen molar-refractivity contribution in [1.29, 1.82) is 0 Å². The van der Waals surface area contributed by atoms with Crippen LogP contribution in [0.2, 0.25) is 5.02 Å². The predicted octanol–water partition coefficient (Wildman–Crippen LogP) is 4.23. The first-order valence-electron chi connectivity index (χ1n) is 6.77. The van der Waals surface area contributed by atoms with Crippen molar-refractivity contribution in [3.05, 3.63) is 58.6 Å². The van der Waals surface area contributed by atoms with Gasteiger partial charge in [0.25, 0.3) is 0 Å². The largest absolute Gasteiger partial charge is 0.497 e. The fourth-order valence-corrected chi connectivity index (χ4v) is 2.15. The van der Waals surface area contributed by atoms with Crippen LogP contribution >= 0.6 is 11.6 Å². The number of nitrogens with one attached hydrogen (secondary N) is 1. The molecule has 0 heterocycles. The molecule has 0 aliphatic carbocycles. The van der Waals surface area contributed by atoms with E-state index in [9.17, 15) is 4.79 Å². The Labute approximate surface area is 129 Å². The summed E-state index contributed by atoms with van der Waals surface area (Å²) in [5.41, 5.74) is 2.88. The molecule has 0 saturated carbocycles. The molecule has 0 unspecified atom stereocenters. The van der Waals surface area contributed by atoms with Crippen molar-refractivity contribution in [3.8, 4) is 5.75 Å². The van der Waals surface area contributed by atoms with Crippen LogP contribution in [0.3, 0.4) is 0 Å². The summed E-state index contributed by atoms with van der Waals surface area (Å²) in [6.07, 6.45) is 1.09. The number of hydrogen-bond acceptors (Lipinski definition) is 2. The molecule has 1 amide bonds. The van der Waals surface area contributed by atoms with E-state index in [-0.39, 0.29) is 5.91 Å². The fourth-order valence-electron chi connectivity index (χ4n) is 1.95. The minimum Gasteiger partial charge on any atom is -0.497 e. The topological polar surface area (TPSA) is 38.3 Å². The lowest BCUT2D eigenvalue weighted by atomic mass is 10.1. The number of carbonyl (C=O) groups is 1. The molecule has 0 bridgehead atoms. The third-order valence-electron chi connectivity index (χ3n) is 3.25. The van der Waals surface area contributed by atoms with Gasteiger partial charge in [0.15, 0.2) is 0 Å². The van der Waals surface area contributed by atoms with Crippen LogP contribution in [0.1, 0.15) is 17.5 Å². The molecule has 1 N–H and O–H groups in total. The van der Waals surface area contributed by atoms with Crippen LogP contribution in [-0.2, 0) is 11.2 Å². The molecule has 21 heavy (non-hydrogen) atoms. The van der Waals surface area contributed by atoms with E-state index in [1.54, 1.807) is 7.11 Å². The highest BCUT2D eigenvalue weighted by molar-refractivity contribution is 6.31. The lowest BCUT2D eigenvalue weighted by molar-refractivity contribution is -0.116. The Morgan fingerprint density at radius 2 is 1.90 bits per heavy atom. The molecule has 0 radical (unpaired) electrons. The van der Waals surface area contributed by atoms with Gasteiger partial charge in [-0.15, -0.1) is 0 Å². The van der Waals surface area contributed by atoms with Crippen molar-refractivity contribution in [1.82, 2.24) is 0 Å². The number of aryl methyl sites for hydroxylation is 2. The minimum absolute atomic E-state index is 0.0168. The zero-order chi connectivity index (χ0) is 15.2. The van der Waals surface area contributed by atoms with Crippen molar-refractivity contribution in [3.63, 3.8) is 0 Å². The molecule has 2 rings (SSSR count). The summed E-state index contributed by atoms with van der Waals surface area (Å²) in [7, 11) is 1.61. The normalized spacial score (nSPS) is 10.2. The maximum absolute atomic E-state index is 11.9. The van der Waals surface area contributed by atoms with Gasteiger partial charge < -0.3 is 10.1 Å². The van der Waals surface area contributed by atoms with E-state index in [1.165, 1.54) is 0 Å². The quantitative estimate of drug-likeness (QED) is 0.897. The van der Waals surface area contributed by atoms with Crippen molar-refractivity contribution in [2.24, 2.45) is 0 Å². The maximum Gasteiger partial charge on any atom is 0.224 e. The van der Waals surface area contributed by atoms with E-state index in [0.717, 1.165) is 27.6 Å². The fraction of sp³-hybridized carbons (Fsp3) is 0.235. The van der Waals surface area contributed by atoms with Gasteiger partial charge in [0.1, 0.15) is 5.75 Å². The summed E-state index contributed by atoms with van der Waals surface area (Å²) in [5, 5.41) is 3.60. The van der Waals surface area contributed by atoms with Gasteiger partial charge in [-0.25, -0.2) is 0 Å². The van der Waals surface area contributed by atoms with Gasteiger partial charge in [-0.3, -0.25) is 4.79 Å². The van der Waals surface area contributed by atoms with Crippen LogP contribution in [0.5, 0.6) is 5.75 Å². The van der Waals surface area contributed by atoms with E-state index in [2.05, 4.69) is 5.32 Å². The summed E-state index contributed by atoms with van der Waals surface area (Å²) < 4.78 is 5.08. The first-order valence-corrected chi connectivity index (χ1v) is 7.15. The van der Waals surface area contributed by atoms with Gasteiger partial charge in [-0.05, 0) is 54.8 Å². The van der Waals surface area contributed by atoms with Crippen molar-refractivity contribution < 1.29 is 9.53 Å². The molecule has 2 aromatic rings. The third-order valence-corrected chi connectivity index (χ3v) is 3.66. The molecule has 4 heteroatoms. The highest BCUT2D eigenvalue weighted by atomic mass is 35.5. The van der Waals surface area contributed by atoms with Gasteiger partial charge in [-0.2, -0.15) is 0 Å². The number of rotatable bonds is 5. The average molecular weight is 304 g/mol. The molecule has 0 saturated heterocycles. The van der Waals surface area contributed by atoms with Crippen LogP contribution in [0.15, 0.2) is 42.5 Å². The maximum atomic E-state index is 11.9. The zero-order valence-corrected chi connectivity index (χ0v) is 12.9. The molecule has 0 aliphatic heterocycles. The number of anilines is 1. The second-order valence-electron chi connectivity index (χ2n) is 4.86. The molecule has 110 valence electrons. The first-order chi connectivity index (χ1) is 10.1. The number of halogens is 1. The molecule has 0 spiro atoms. The number of carbonyl (C=O) groups excluding carboxylic acids is 1. The number of benzene rings is 2. The molecular formula is C17H18ClNO2. The van der Waals surface area contributed by atoms with E-state index >= 15 is 0 Å². The van der Waals surface area contributed by atoms with Crippen LogP contribution in [0.4, 0.5) is 5.69 Å². The van der Waals surface area contributed by atoms with Crippen molar-refractivity contribution in [2.75, 3.05) is 12.4 Å². The minimum atomic E-state index is -0.0168. The Morgan fingerprint density at radius 1 is 1.19 bits per heavy atom. The highest BCUT2D eigenvalue weighted by Gasteiger charge is 2.05. The van der Waals surface area contributed by atoms with Crippen LogP contribution in [-0.4, -0.2) is 13.0 Å². The second kappa shape index (κ2) is 7.14. The summed E-state index contributed by atoms with van der Waals surface area (Å²) in [6, 6.07) is 13.2. The molecule has 0 atom stereocenters. The SMILES string of the molecule is COc1ccc(NC(=O)CCc2ccc(C)c(Cl)c2)cc1. The monoisotopic (exact) mass is 303 g/mol. The Kier molecular flexibility index (Phi) is 5.23. The van der Waals surface area contributed by atoms with E-state index < -0.39 is 0 Å². The van der Waals surface area contributed by atoms with Gasteiger partial charge in [0.2, 0.25) is 5.91 Å². The highest BCUT2D eigenvalue weighted by Crippen LogP contribution is 2.18. The smallest absolute Gasteiger partial charge is 0.224 e. The molecule has 3 nitrogen and oxygen atoms in total. The summed E-state index contributed by atoms with van der Waals surface area (Å²) in [6.45, 7) is 1.96. The zero-order valence-electron chi connectivity index (χ0n) is 12.2. The Bertz CT molecular complexity index is 623. The summed E-state index contributed by atoms with van der Waals surface area (Å²) in [4.78, 5) is 11.9. The van der Waals surface area contributed by atoms with Crippen molar-refractivity contribution >= 4 is 23.2 Å². The molecule has 0 aromatic heterocycles. The number of ether oxygens (including phenoxy) is 1. The van der Waals surface area contributed by atoms with Crippen LogP contribution in [0, 0.1) is 6.92 Å². The Balaban J connectivity index is 1.87. The standard InChI is InChI=1S/C17H18ClNO2/c1-12-3-4-13(11-16(12)18)5-10-17(20)19-14-6-8-15(21-2)9-7-14/h3-4,6-9,11H,5,10H2,1-2H3,(H,19,20). The van der Waals surface area contributed by atoms with Crippen LogP contribution < -0.4 is 10.1 Å². The van der Waals surface area contributed by atoms with Gasteiger partial charge in [0.05, 0.1) is 7.11 Å². The van der Waals surface area contributed by atoms with E-state index in [1.807, 2.05) is 49.4 Å². The lowest BCUT2D eigenvalue weighted by Crippen LogP contribution is -2.12. The number of methoxy groups -OCH3 is 1. The van der Waals surface area contributed by atoms with Crippen molar-refractivity contribution in [2.45, 2.75) is 19.8 Å². The first kappa shape index (κ1) is 15.4. The predicted molar refractivity (Wildman–Crippen MR) is 86.1 cm³/mol. The van der Waals surface area contributed by atoms with Gasteiger partial charge in [0, 0.05) is 17.1 Å². The van der Waals surface area contributed by atoms with E-state index in [4.69, 9.17) is 16.3 Å². The molecular weight excluding hydrogens is 286 g/mol. The Hall–Kier alpha value is -2.00. The van der Waals surface area contributed by atoms with Gasteiger partial charge >= 0.3 is 0 Å².